The van der Waals surface area contributed by atoms with Crippen molar-refractivity contribution in [2.75, 3.05) is 16.8 Å². The highest BCUT2D eigenvalue weighted by molar-refractivity contribution is 5.78. The minimum Gasteiger partial charge on any atom is -0.373 e. The molecule has 7 nitrogen and oxygen atoms in total. The van der Waals surface area contributed by atoms with Crippen molar-refractivity contribution in [3.05, 3.63) is 47.7 Å². The molecule has 0 radical (unpaired) electrons. The first-order valence-electron chi connectivity index (χ1n) is 12.2. The molecule has 2 fully saturated rings. The number of nitrogens with one attached hydrogen (secondary N) is 1. The van der Waals surface area contributed by atoms with Crippen LogP contribution < -0.4 is 10.2 Å². The maximum atomic E-state index is 11.5. The number of hydrogen-bond acceptors (Lipinski definition) is 7. The molecule has 7 heteroatoms. The van der Waals surface area contributed by atoms with Gasteiger partial charge < -0.3 is 29.5 Å². The number of aliphatic hydroxyl groups is 1. The molecule has 178 valence electrons. The number of rotatable bonds is 5. The Morgan fingerprint density at radius 3 is 2.79 bits per heavy atom. The Bertz CT molecular complexity index is 960. The molecule has 5 rings (SSSR count). The van der Waals surface area contributed by atoms with Crippen LogP contribution in [0.15, 0.2) is 36.5 Å². The van der Waals surface area contributed by atoms with Gasteiger partial charge >= 0.3 is 0 Å². The van der Waals surface area contributed by atoms with Crippen LogP contribution in [0.1, 0.15) is 63.7 Å². The fourth-order valence-corrected chi connectivity index (χ4v) is 5.13. The quantitative estimate of drug-likeness (QED) is 0.681. The minimum absolute atomic E-state index is 0.0876. The van der Waals surface area contributed by atoms with E-state index in [0.29, 0.717) is 13.2 Å². The summed E-state index contributed by atoms with van der Waals surface area (Å²) >= 11 is 0. The van der Waals surface area contributed by atoms with Crippen molar-refractivity contribution in [3.63, 3.8) is 0 Å². The third kappa shape index (κ3) is 4.87. The highest BCUT2D eigenvalue weighted by Crippen LogP contribution is 2.41. The predicted molar refractivity (Wildman–Crippen MR) is 128 cm³/mol. The molecule has 5 atom stereocenters. The SMILES string of the molecule is CC(C)O[C@H]1CC[C@H](C(O)N2Cc3cccnc3Nc3ccc([C@@H]4CC[C@H](C)O4)cc32)OC1. The molecule has 2 aromatic rings. The summed E-state index contributed by atoms with van der Waals surface area (Å²) in [5.41, 5.74) is 4.06. The lowest BCUT2D eigenvalue weighted by Crippen LogP contribution is -2.48. The number of nitrogens with zero attached hydrogens (tertiary/aromatic N) is 2. The Morgan fingerprint density at radius 1 is 1.18 bits per heavy atom. The molecule has 1 aromatic heterocycles. The Morgan fingerprint density at radius 2 is 2.06 bits per heavy atom. The van der Waals surface area contributed by atoms with Gasteiger partial charge in [0.05, 0.1) is 42.4 Å². The van der Waals surface area contributed by atoms with Crippen LogP contribution in [0.2, 0.25) is 0 Å². The predicted octanol–water partition coefficient (Wildman–Crippen LogP) is 4.68. The van der Waals surface area contributed by atoms with Gasteiger partial charge in [0.15, 0.2) is 6.23 Å². The molecule has 0 saturated carbocycles. The molecule has 0 aliphatic carbocycles. The maximum absolute atomic E-state index is 11.5. The zero-order valence-electron chi connectivity index (χ0n) is 19.7. The number of anilines is 3. The molecule has 0 amide bonds. The molecule has 3 aliphatic rings. The van der Waals surface area contributed by atoms with Crippen molar-refractivity contribution < 1.29 is 19.3 Å². The van der Waals surface area contributed by atoms with Crippen molar-refractivity contribution in [3.8, 4) is 0 Å². The second-order valence-corrected chi connectivity index (χ2v) is 9.72. The number of aliphatic hydroxyl groups excluding tert-OH is 1. The van der Waals surface area contributed by atoms with Gasteiger partial charge in [-0.15, -0.1) is 0 Å². The van der Waals surface area contributed by atoms with Gasteiger partial charge in [0.2, 0.25) is 0 Å². The van der Waals surface area contributed by atoms with Crippen molar-refractivity contribution in [1.29, 1.82) is 0 Å². The van der Waals surface area contributed by atoms with E-state index in [9.17, 15) is 5.11 Å². The molecule has 3 aliphatic heterocycles. The number of pyridine rings is 1. The molecule has 33 heavy (non-hydrogen) atoms. The van der Waals surface area contributed by atoms with Crippen LogP contribution in [0, 0.1) is 0 Å². The lowest BCUT2D eigenvalue weighted by molar-refractivity contribution is -0.131. The third-order valence-corrected chi connectivity index (χ3v) is 6.81. The van der Waals surface area contributed by atoms with Gasteiger partial charge in [0.25, 0.3) is 0 Å². The number of aromatic nitrogens is 1. The standard InChI is InChI=1S/C26H35N3O4/c1-16(2)32-20-8-11-24(31-15-20)26(30)29-14-19-5-4-12-27-25(19)28-21-9-7-18(13-22(21)29)23-10-6-17(3)33-23/h4-5,7,9,12-13,16-17,20,23-24,26,30H,6,8,10-11,14-15H2,1-3H3,(H,27,28)/t17-,20-,23-,24+,26?/m0/s1. The summed E-state index contributed by atoms with van der Waals surface area (Å²) in [6.07, 6.45) is 5.06. The van der Waals surface area contributed by atoms with Crippen molar-refractivity contribution >= 4 is 17.2 Å². The first kappa shape index (κ1) is 22.6. The maximum Gasteiger partial charge on any atom is 0.153 e. The van der Waals surface area contributed by atoms with E-state index in [-0.39, 0.29) is 30.5 Å². The third-order valence-electron chi connectivity index (χ3n) is 6.81. The number of hydrogen-bond donors (Lipinski definition) is 2. The molecular weight excluding hydrogens is 418 g/mol. The van der Waals surface area contributed by atoms with Gasteiger partial charge in [0, 0.05) is 18.3 Å². The number of ether oxygens (including phenoxy) is 3. The summed E-state index contributed by atoms with van der Waals surface area (Å²) in [6.45, 7) is 7.26. The lowest BCUT2D eigenvalue weighted by Gasteiger charge is -2.38. The largest absolute Gasteiger partial charge is 0.373 e. The Kier molecular flexibility index (Phi) is 6.56. The van der Waals surface area contributed by atoms with Crippen LogP contribution >= 0.6 is 0 Å². The van der Waals surface area contributed by atoms with Crippen LogP contribution in [0.25, 0.3) is 0 Å². The van der Waals surface area contributed by atoms with Crippen LogP contribution in [0.4, 0.5) is 17.2 Å². The summed E-state index contributed by atoms with van der Waals surface area (Å²) in [6, 6.07) is 10.4. The topological polar surface area (TPSA) is 76.1 Å². The van der Waals surface area contributed by atoms with E-state index in [4.69, 9.17) is 14.2 Å². The molecule has 0 spiro atoms. The number of benzene rings is 1. The van der Waals surface area contributed by atoms with Crippen molar-refractivity contribution in [1.82, 2.24) is 4.98 Å². The second kappa shape index (κ2) is 9.58. The van der Waals surface area contributed by atoms with Gasteiger partial charge in [-0.05, 0) is 70.2 Å². The van der Waals surface area contributed by atoms with E-state index >= 15 is 0 Å². The summed E-state index contributed by atoms with van der Waals surface area (Å²) in [7, 11) is 0. The average Bonchev–Trinajstić information content (AvgIpc) is 3.17. The van der Waals surface area contributed by atoms with Crippen LogP contribution in [0.5, 0.6) is 0 Å². The van der Waals surface area contributed by atoms with E-state index in [0.717, 1.165) is 54.0 Å². The van der Waals surface area contributed by atoms with Crippen LogP contribution in [-0.2, 0) is 20.8 Å². The van der Waals surface area contributed by atoms with Crippen LogP contribution in [0.3, 0.4) is 0 Å². The Balaban J connectivity index is 1.43. The second-order valence-electron chi connectivity index (χ2n) is 9.72. The summed E-state index contributed by atoms with van der Waals surface area (Å²) in [5.74, 6) is 0.821. The van der Waals surface area contributed by atoms with Gasteiger partial charge in [-0.1, -0.05) is 12.1 Å². The normalized spacial score (nSPS) is 28.1. The molecule has 0 bridgehead atoms. The molecule has 1 unspecified atom stereocenters. The van der Waals surface area contributed by atoms with Crippen molar-refractivity contribution in [2.45, 2.75) is 89.7 Å². The van der Waals surface area contributed by atoms with Gasteiger partial charge in [-0.25, -0.2) is 4.98 Å². The first-order valence-corrected chi connectivity index (χ1v) is 12.2. The highest BCUT2D eigenvalue weighted by atomic mass is 16.6. The molecule has 1 aromatic carbocycles. The van der Waals surface area contributed by atoms with E-state index in [1.54, 1.807) is 6.20 Å². The van der Waals surface area contributed by atoms with Gasteiger partial charge in [-0.3, -0.25) is 0 Å². The van der Waals surface area contributed by atoms with E-state index < -0.39 is 6.23 Å². The van der Waals surface area contributed by atoms with E-state index in [1.165, 1.54) is 0 Å². The van der Waals surface area contributed by atoms with E-state index in [1.807, 2.05) is 24.8 Å². The van der Waals surface area contributed by atoms with Gasteiger partial charge in [-0.2, -0.15) is 0 Å². The van der Waals surface area contributed by atoms with Gasteiger partial charge in [0.1, 0.15) is 11.9 Å². The molecule has 2 saturated heterocycles. The Hall–Kier alpha value is -2.19. The first-order chi connectivity index (χ1) is 16.0. The lowest BCUT2D eigenvalue weighted by atomic mass is 10.0. The zero-order valence-corrected chi connectivity index (χ0v) is 19.7. The molecular formula is C26H35N3O4. The minimum atomic E-state index is -0.782. The zero-order chi connectivity index (χ0) is 22.9. The van der Waals surface area contributed by atoms with Crippen molar-refractivity contribution in [2.24, 2.45) is 0 Å². The monoisotopic (exact) mass is 453 g/mol. The summed E-state index contributed by atoms with van der Waals surface area (Å²) in [4.78, 5) is 6.59. The Labute approximate surface area is 196 Å². The van der Waals surface area contributed by atoms with Crippen LogP contribution in [-0.4, -0.2) is 47.3 Å². The average molecular weight is 454 g/mol. The fourth-order valence-electron chi connectivity index (χ4n) is 5.13. The number of fused-ring (bicyclic) bond motifs is 2. The smallest absolute Gasteiger partial charge is 0.153 e. The summed E-state index contributed by atoms with van der Waals surface area (Å²) < 4.78 is 18.2. The summed E-state index contributed by atoms with van der Waals surface area (Å²) in [5, 5.41) is 15.0. The van der Waals surface area contributed by atoms with E-state index in [2.05, 4.69) is 41.5 Å². The molecule has 2 N–H and O–H groups in total. The molecule has 4 heterocycles. The fraction of sp³-hybridized carbons (Fsp3) is 0.577. The highest BCUT2D eigenvalue weighted by Gasteiger charge is 2.35.